The molecule has 0 aliphatic carbocycles. The van der Waals surface area contributed by atoms with E-state index in [1.54, 1.807) is 42.7 Å². The fourth-order valence-corrected chi connectivity index (χ4v) is 5.28. The molecule has 1 amide bonds. The van der Waals surface area contributed by atoms with E-state index in [-0.39, 0.29) is 23.5 Å². The third kappa shape index (κ3) is 8.33. The average molecular weight is 587 g/mol. The Morgan fingerprint density at radius 2 is 1.76 bits per heavy atom. The molecule has 2 saturated heterocycles. The van der Waals surface area contributed by atoms with E-state index in [1.165, 1.54) is 6.07 Å². The minimum atomic E-state index is -4.76. The number of carbonyl (C=O) groups excluding carboxylic acids is 2. The molecule has 12 heteroatoms. The monoisotopic (exact) mass is 586 g/mol. The number of aryl methyl sites for hydroxylation is 1. The molecule has 226 valence electrons. The number of Topliss-reactive ketones (excluding diaryl/α,β-unsaturated/α-hetero) is 1. The molecule has 2 aromatic rings. The van der Waals surface area contributed by atoms with Crippen LogP contribution >= 0.6 is 0 Å². The molecule has 0 unspecified atom stereocenters. The first-order valence-electron chi connectivity index (χ1n) is 14.3. The van der Waals surface area contributed by atoms with E-state index in [2.05, 4.69) is 21.4 Å². The van der Waals surface area contributed by atoms with Crippen LogP contribution in [0.15, 0.2) is 30.3 Å². The fraction of sp³-hybridized carbons (Fsp3) is 0.567. The lowest BCUT2D eigenvalue weighted by Crippen LogP contribution is -2.44. The number of aromatic nitrogens is 2. The lowest BCUT2D eigenvalue weighted by Gasteiger charge is -2.34. The number of piperidine rings is 1. The first-order chi connectivity index (χ1) is 19.8. The maximum Gasteiger partial charge on any atom is 0.451 e. The van der Waals surface area contributed by atoms with Crippen LogP contribution in [0.2, 0.25) is 0 Å². The second-order valence-electron chi connectivity index (χ2n) is 11.8. The summed E-state index contributed by atoms with van der Waals surface area (Å²) in [6, 6.07) is 10.0. The van der Waals surface area contributed by atoms with E-state index in [0.717, 1.165) is 5.56 Å². The number of benzene rings is 1. The molecule has 1 aromatic heterocycles. The number of ether oxygens (including phenoxy) is 1. The quantitative estimate of drug-likeness (QED) is 0.417. The number of anilines is 2. The predicted molar refractivity (Wildman–Crippen MR) is 151 cm³/mol. The van der Waals surface area contributed by atoms with Gasteiger partial charge >= 0.3 is 12.3 Å². The number of hydrogen-bond acceptors (Lipinski definition) is 8. The van der Waals surface area contributed by atoms with Crippen molar-refractivity contribution in [1.82, 2.24) is 14.9 Å². The number of nitrogens with one attached hydrogen (secondary N) is 1. The summed E-state index contributed by atoms with van der Waals surface area (Å²) in [7, 11) is 0. The predicted octanol–water partition coefficient (Wildman–Crippen LogP) is 5.74. The van der Waals surface area contributed by atoms with E-state index in [0.29, 0.717) is 70.1 Å². The topological polar surface area (TPSA) is 111 Å². The Kier molecular flexibility index (Phi) is 9.59. The standard InChI is InChI=1S/C30H37F3N6O3/c1-29(2,3)42-28(41)38-16-13-22(14-17-38)35-25-18-26(37-27(36-25)30(31,32)33)39-15-5-7-23(39)24(40)8-4-6-20-9-11-21(19-34)12-10-20/h9-12,18,22-23H,4-8,13-17H2,1-3H3,(H,35,36,37)/t23-/m0/s1. The summed E-state index contributed by atoms with van der Waals surface area (Å²) in [6.45, 7) is 6.61. The highest BCUT2D eigenvalue weighted by atomic mass is 19.4. The lowest BCUT2D eigenvalue weighted by molar-refractivity contribution is -0.144. The molecule has 0 radical (unpaired) electrons. The Hall–Kier alpha value is -3.88. The van der Waals surface area contributed by atoms with Crippen LogP contribution in [0.1, 0.15) is 76.2 Å². The maximum atomic E-state index is 13.8. The molecule has 2 aliphatic rings. The van der Waals surface area contributed by atoms with E-state index >= 15 is 0 Å². The number of amides is 1. The summed E-state index contributed by atoms with van der Waals surface area (Å²) >= 11 is 0. The lowest BCUT2D eigenvalue weighted by atomic mass is 10.0. The summed E-state index contributed by atoms with van der Waals surface area (Å²) in [5.74, 6) is -1.17. The van der Waals surface area contributed by atoms with Crippen LogP contribution < -0.4 is 10.2 Å². The number of nitriles is 1. The van der Waals surface area contributed by atoms with Crippen molar-refractivity contribution < 1.29 is 27.5 Å². The Morgan fingerprint density at radius 3 is 2.38 bits per heavy atom. The summed E-state index contributed by atoms with van der Waals surface area (Å²) in [5, 5.41) is 12.1. The molecular weight excluding hydrogens is 549 g/mol. The minimum Gasteiger partial charge on any atom is -0.444 e. The number of nitrogens with zero attached hydrogens (tertiary/aromatic N) is 5. The number of halogens is 3. The van der Waals surface area contributed by atoms with Crippen LogP contribution in [-0.4, -0.2) is 64.1 Å². The molecular formula is C30H37F3N6O3. The van der Waals surface area contributed by atoms with Crippen molar-refractivity contribution in [2.45, 2.75) is 89.6 Å². The van der Waals surface area contributed by atoms with Crippen LogP contribution in [0.5, 0.6) is 0 Å². The van der Waals surface area contributed by atoms with Crippen LogP contribution in [0, 0.1) is 11.3 Å². The zero-order valence-corrected chi connectivity index (χ0v) is 24.2. The van der Waals surface area contributed by atoms with Crippen LogP contribution in [-0.2, 0) is 22.1 Å². The van der Waals surface area contributed by atoms with Crippen molar-refractivity contribution >= 4 is 23.5 Å². The van der Waals surface area contributed by atoms with Crippen LogP contribution in [0.4, 0.5) is 29.6 Å². The van der Waals surface area contributed by atoms with Gasteiger partial charge in [-0.25, -0.2) is 14.8 Å². The molecule has 1 aromatic carbocycles. The highest BCUT2D eigenvalue weighted by Gasteiger charge is 2.38. The van der Waals surface area contributed by atoms with E-state index in [1.807, 2.05) is 12.1 Å². The molecule has 0 bridgehead atoms. The average Bonchev–Trinajstić information content (AvgIpc) is 3.43. The highest BCUT2D eigenvalue weighted by molar-refractivity contribution is 5.87. The van der Waals surface area contributed by atoms with Gasteiger partial charge in [-0.1, -0.05) is 12.1 Å². The number of likely N-dealkylation sites (tertiary alicyclic amines) is 1. The smallest absolute Gasteiger partial charge is 0.444 e. The zero-order valence-electron chi connectivity index (χ0n) is 24.2. The number of ketones is 1. The van der Waals surface area contributed by atoms with Gasteiger partial charge in [-0.3, -0.25) is 4.79 Å². The van der Waals surface area contributed by atoms with E-state index in [9.17, 15) is 22.8 Å². The Labute approximate surface area is 244 Å². The van der Waals surface area contributed by atoms with Gasteiger partial charge in [0.1, 0.15) is 17.2 Å². The van der Waals surface area contributed by atoms with Gasteiger partial charge < -0.3 is 19.9 Å². The van der Waals surface area contributed by atoms with Gasteiger partial charge in [0.25, 0.3) is 0 Å². The van der Waals surface area contributed by atoms with Crippen molar-refractivity contribution in [3.8, 4) is 6.07 Å². The molecule has 0 saturated carbocycles. The summed E-state index contributed by atoms with van der Waals surface area (Å²) in [5.41, 5.74) is 0.972. The summed E-state index contributed by atoms with van der Waals surface area (Å²) < 4.78 is 46.8. The number of rotatable bonds is 8. The third-order valence-corrected chi connectivity index (χ3v) is 7.36. The molecule has 3 heterocycles. The molecule has 1 N–H and O–H groups in total. The highest BCUT2D eigenvalue weighted by Crippen LogP contribution is 2.33. The van der Waals surface area contributed by atoms with E-state index in [4.69, 9.17) is 10.00 Å². The number of hydrogen-bond donors (Lipinski definition) is 1. The van der Waals surface area contributed by atoms with Gasteiger partial charge in [0, 0.05) is 38.2 Å². The van der Waals surface area contributed by atoms with E-state index < -0.39 is 29.7 Å². The van der Waals surface area contributed by atoms with Gasteiger partial charge in [0.2, 0.25) is 5.82 Å². The van der Waals surface area contributed by atoms with Crippen molar-refractivity contribution in [2.75, 3.05) is 29.9 Å². The Morgan fingerprint density at radius 1 is 1.07 bits per heavy atom. The second-order valence-corrected chi connectivity index (χ2v) is 11.8. The fourth-order valence-electron chi connectivity index (χ4n) is 5.28. The van der Waals surface area contributed by atoms with Crippen molar-refractivity contribution in [2.24, 2.45) is 0 Å². The molecule has 42 heavy (non-hydrogen) atoms. The van der Waals surface area contributed by atoms with Crippen LogP contribution in [0.25, 0.3) is 0 Å². The largest absolute Gasteiger partial charge is 0.451 e. The van der Waals surface area contributed by atoms with Crippen LogP contribution in [0.3, 0.4) is 0 Å². The Bertz CT molecular complexity index is 1300. The molecule has 2 fully saturated rings. The summed E-state index contributed by atoms with van der Waals surface area (Å²) in [6.07, 6.45) is -1.36. The molecule has 9 nitrogen and oxygen atoms in total. The SMILES string of the molecule is CC(C)(C)OC(=O)N1CCC(Nc2cc(N3CCC[C@H]3C(=O)CCCc3ccc(C#N)cc3)nc(C(F)(F)F)n2)CC1. The minimum absolute atomic E-state index is 0.0302. The van der Waals surface area contributed by atoms with Crippen molar-refractivity contribution in [1.29, 1.82) is 5.26 Å². The van der Waals surface area contributed by atoms with Crippen molar-refractivity contribution in [3.05, 3.63) is 47.3 Å². The third-order valence-electron chi connectivity index (χ3n) is 7.36. The first-order valence-corrected chi connectivity index (χ1v) is 14.3. The van der Waals surface area contributed by atoms with Gasteiger partial charge in [-0.2, -0.15) is 18.4 Å². The zero-order chi connectivity index (χ0) is 30.5. The van der Waals surface area contributed by atoms with Crippen molar-refractivity contribution in [3.63, 3.8) is 0 Å². The summed E-state index contributed by atoms with van der Waals surface area (Å²) in [4.78, 5) is 36.4. The van der Waals surface area contributed by atoms with Gasteiger partial charge in [0.15, 0.2) is 5.78 Å². The number of carbonyl (C=O) groups is 2. The first kappa shape index (κ1) is 31.1. The number of alkyl halides is 3. The van der Waals surface area contributed by atoms with Gasteiger partial charge in [-0.15, -0.1) is 0 Å². The molecule has 1 atom stereocenters. The second kappa shape index (κ2) is 13.0. The maximum absolute atomic E-state index is 13.8. The Balaban J connectivity index is 1.41. The normalized spacial score (nSPS) is 18.1. The van der Waals surface area contributed by atoms with Gasteiger partial charge in [0.05, 0.1) is 17.7 Å². The molecule has 0 spiro atoms. The molecule has 2 aliphatic heterocycles. The van der Waals surface area contributed by atoms with Gasteiger partial charge in [-0.05, 0) is 77.0 Å². The molecule has 4 rings (SSSR count).